The van der Waals surface area contributed by atoms with Gasteiger partial charge in [0.2, 0.25) is 0 Å². The Kier molecular flexibility index (Phi) is 5.50. The Morgan fingerprint density at radius 2 is 1.76 bits per heavy atom. The van der Waals surface area contributed by atoms with Gasteiger partial charge in [-0.1, -0.05) is 31.4 Å². The molecule has 1 saturated carbocycles. The summed E-state index contributed by atoms with van der Waals surface area (Å²) in [5.74, 6) is 1.46. The highest BCUT2D eigenvalue weighted by Gasteiger charge is 2.22. The van der Waals surface area contributed by atoms with Crippen LogP contribution >= 0.6 is 11.3 Å². The van der Waals surface area contributed by atoms with Crippen molar-refractivity contribution in [2.45, 2.75) is 51.9 Å². The fourth-order valence-corrected chi connectivity index (χ4v) is 5.30. The van der Waals surface area contributed by atoms with Gasteiger partial charge in [0, 0.05) is 10.1 Å². The van der Waals surface area contributed by atoms with Crippen molar-refractivity contribution in [2.75, 3.05) is 7.11 Å². The highest BCUT2D eigenvalue weighted by molar-refractivity contribution is 7.21. The zero-order valence-corrected chi connectivity index (χ0v) is 17.9. The topological polar surface area (TPSA) is 55.8 Å². The molecule has 0 radical (unpaired) electrons. The number of carboxylic acid groups (broad SMARTS) is 1. The van der Waals surface area contributed by atoms with Crippen molar-refractivity contribution >= 4 is 27.4 Å². The van der Waals surface area contributed by atoms with Crippen LogP contribution in [0.15, 0.2) is 30.3 Å². The number of rotatable bonds is 5. The van der Waals surface area contributed by atoms with Crippen molar-refractivity contribution in [3.8, 4) is 17.2 Å². The normalized spacial score (nSPS) is 14.9. The largest absolute Gasteiger partial charge is 0.496 e. The van der Waals surface area contributed by atoms with Gasteiger partial charge in [-0.15, -0.1) is 11.3 Å². The lowest BCUT2D eigenvalue weighted by atomic mass is 9.83. The van der Waals surface area contributed by atoms with Crippen molar-refractivity contribution in [3.05, 3.63) is 51.9 Å². The molecule has 1 N–H and O–H groups in total. The lowest BCUT2D eigenvalue weighted by Gasteiger charge is -2.22. The maximum Gasteiger partial charge on any atom is 0.349 e. The first-order valence-electron chi connectivity index (χ1n) is 10.1. The molecule has 0 unspecified atom stereocenters. The van der Waals surface area contributed by atoms with Gasteiger partial charge in [0.1, 0.15) is 11.5 Å². The van der Waals surface area contributed by atoms with Crippen LogP contribution in [0.5, 0.6) is 17.2 Å². The molecule has 1 aliphatic rings. The molecule has 0 saturated heterocycles. The minimum absolute atomic E-state index is 0.211. The highest BCUT2D eigenvalue weighted by Crippen LogP contribution is 2.44. The van der Waals surface area contributed by atoms with Crippen LogP contribution < -0.4 is 9.47 Å². The molecule has 1 aliphatic carbocycles. The van der Waals surface area contributed by atoms with E-state index in [4.69, 9.17) is 9.47 Å². The first-order valence-corrected chi connectivity index (χ1v) is 10.9. The second-order valence-electron chi connectivity index (χ2n) is 7.85. The number of carboxylic acids is 1. The second-order valence-corrected chi connectivity index (χ2v) is 8.90. The summed E-state index contributed by atoms with van der Waals surface area (Å²) in [4.78, 5) is 12.1. The van der Waals surface area contributed by atoms with Gasteiger partial charge < -0.3 is 14.6 Å². The molecule has 0 bridgehead atoms. The third-order valence-corrected chi connectivity index (χ3v) is 6.96. The molecular weight excluding hydrogens is 384 g/mol. The number of thiophene rings is 1. The number of hydrogen-bond donors (Lipinski definition) is 1. The molecule has 5 heteroatoms. The SMILES string of the molecule is COc1cc2c(Oc3ccc(C4CCCCC4)cc3C)c(C(=O)O)sc2cc1C. The second kappa shape index (κ2) is 8.07. The Morgan fingerprint density at radius 1 is 1.03 bits per heavy atom. The van der Waals surface area contributed by atoms with E-state index >= 15 is 0 Å². The third kappa shape index (κ3) is 3.84. The van der Waals surface area contributed by atoms with Gasteiger partial charge in [-0.2, -0.15) is 0 Å². The van der Waals surface area contributed by atoms with Gasteiger partial charge >= 0.3 is 5.97 Å². The fraction of sp³-hybridized carbons (Fsp3) is 0.375. The average Bonchev–Trinajstić information content (AvgIpc) is 3.06. The maximum atomic E-state index is 11.9. The summed E-state index contributed by atoms with van der Waals surface area (Å²) >= 11 is 1.24. The number of fused-ring (bicyclic) bond motifs is 1. The van der Waals surface area contributed by atoms with Crippen LogP contribution in [0.1, 0.15) is 64.4 Å². The van der Waals surface area contributed by atoms with Crippen LogP contribution in [0.4, 0.5) is 0 Å². The Hall–Kier alpha value is -2.53. The molecule has 2 aromatic carbocycles. The molecule has 4 nitrogen and oxygen atoms in total. The molecule has 1 fully saturated rings. The number of aryl methyl sites for hydroxylation is 2. The number of hydrogen-bond acceptors (Lipinski definition) is 4. The van der Waals surface area contributed by atoms with Crippen LogP contribution in [0.25, 0.3) is 10.1 Å². The predicted molar refractivity (Wildman–Crippen MR) is 117 cm³/mol. The van der Waals surface area contributed by atoms with E-state index in [2.05, 4.69) is 12.1 Å². The van der Waals surface area contributed by atoms with E-state index in [0.717, 1.165) is 27.0 Å². The van der Waals surface area contributed by atoms with Crippen LogP contribution in [0, 0.1) is 13.8 Å². The lowest BCUT2D eigenvalue weighted by Crippen LogP contribution is -2.05. The van der Waals surface area contributed by atoms with Crippen molar-refractivity contribution in [1.29, 1.82) is 0 Å². The van der Waals surface area contributed by atoms with Crippen molar-refractivity contribution < 1.29 is 19.4 Å². The van der Waals surface area contributed by atoms with Crippen molar-refractivity contribution in [2.24, 2.45) is 0 Å². The van der Waals surface area contributed by atoms with E-state index in [1.165, 1.54) is 49.0 Å². The summed E-state index contributed by atoms with van der Waals surface area (Å²) in [6, 6.07) is 10.1. The number of benzene rings is 2. The van der Waals surface area contributed by atoms with Gasteiger partial charge in [-0.25, -0.2) is 4.79 Å². The molecule has 0 amide bonds. The first-order chi connectivity index (χ1) is 14.0. The quantitative estimate of drug-likeness (QED) is 0.489. The molecule has 0 spiro atoms. The monoisotopic (exact) mass is 410 g/mol. The standard InChI is InChI=1S/C24H26O4S/c1-14-11-17(16-7-5-4-6-8-16)9-10-19(14)28-22-18-13-20(27-3)15(2)12-21(18)29-23(22)24(25)26/h9-13,16H,4-8H2,1-3H3,(H,25,26). The minimum Gasteiger partial charge on any atom is -0.496 e. The Morgan fingerprint density at radius 3 is 2.41 bits per heavy atom. The number of methoxy groups -OCH3 is 1. The van der Waals surface area contributed by atoms with Crippen molar-refractivity contribution in [3.63, 3.8) is 0 Å². The summed E-state index contributed by atoms with van der Waals surface area (Å²) in [6.45, 7) is 3.98. The zero-order valence-electron chi connectivity index (χ0n) is 17.1. The van der Waals surface area contributed by atoms with E-state index in [1.54, 1.807) is 7.11 Å². The van der Waals surface area contributed by atoms with E-state index in [-0.39, 0.29) is 4.88 Å². The molecule has 3 aromatic rings. The summed E-state index contributed by atoms with van der Waals surface area (Å²) in [6.07, 6.45) is 6.43. The van der Waals surface area contributed by atoms with Gasteiger partial charge in [-0.3, -0.25) is 0 Å². The van der Waals surface area contributed by atoms with E-state index in [0.29, 0.717) is 17.4 Å². The summed E-state index contributed by atoms with van der Waals surface area (Å²) in [5.41, 5.74) is 3.36. The van der Waals surface area contributed by atoms with Gasteiger partial charge in [0.25, 0.3) is 0 Å². The zero-order chi connectivity index (χ0) is 20.5. The minimum atomic E-state index is -0.978. The summed E-state index contributed by atoms with van der Waals surface area (Å²) in [5, 5.41) is 10.5. The van der Waals surface area contributed by atoms with E-state index in [9.17, 15) is 9.90 Å². The maximum absolute atomic E-state index is 11.9. The Balaban J connectivity index is 1.73. The predicted octanol–water partition coefficient (Wildman–Crippen LogP) is 7.06. The molecule has 0 atom stereocenters. The summed E-state index contributed by atoms with van der Waals surface area (Å²) < 4.78 is 12.5. The van der Waals surface area contributed by atoms with E-state index < -0.39 is 5.97 Å². The molecular formula is C24H26O4S. The number of carbonyl (C=O) groups is 1. The molecule has 29 heavy (non-hydrogen) atoms. The van der Waals surface area contributed by atoms with Gasteiger partial charge in [0.15, 0.2) is 10.6 Å². The molecule has 152 valence electrons. The van der Waals surface area contributed by atoms with Gasteiger partial charge in [-0.05, 0) is 67.5 Å². The fourth-order valence-electron chi connectivity index (χ4n) is 4.25. The van der Waals surface area contributed by atoms with Crippen LogP contribution in [-0.4, -0.2) is 18.2 Å². The Labute approximate surface area is 175 Å². The van der Waals surface area contributed by atoms with E-state index in [1.807, 2.05) is 32.0 Å². The average molecular weight is 411 g/mol. The molecule has 1 heterocycles. The first kappa shape index (κ1) is 19.8. The Bertz CT molecular complexity index is 1060. The lowest BCUT2D eigenvalue weighted by molar-refractivity contribution is 0.0700. The number of ether oxygens (including phenoxy) is 2. The van der Waals surface area contributed by atoms with Crippen LogP contribution in [-0.2, 0) is 0 Å². The molecule has 4 rings (SSSR count). The highest BCUT2D eigenvalue weighted by atomic mass is 32.1. The van der Waals surface area contributed by atoms with Gasteiger partial charge in [0.05, 0.1) is 7.11 Å². The molecule has 0 aliphatic heterocycles. The van der Waals surface area contributed by atoms with Crippen molar-refractivity contribution in [1.82, 2.24) is 0 Å². The van der Waals surface area contributed by atoms with Crippen LogP contribution in [0.3, 0.4) is 0 Å². The number of aromatic carboxylic acids is 1. The third-order valence-electron chi connectivity index (χ3n) is 5.84. The smallest absolute Gasteiger partial charge is 0.349 e. The van der Waals surface area contributed by atoms with Crippen LogP contribution in [0.2, 0.25) is 0 Å². The summed E-state index contributed by atoms with van der Waals surface area (Å²) in [7, 11) is 1.62. The molecule has 1 aromatic heterocycles.